The van der Waals surface area contributed by atoms with E-state index in [1.165, 1.54) is 13.2 Å². The number of hydrogen-bond donors (Lipinski definition) is 2. The maximum atomic E-state index is 14.1. The van der Waals surface area contributed by atoms with Gasteiger partial charge in [-0.25, -0.2) is 4.39 Å². The van der Waals surface area contributed by atoms with Gasteiger partial charge in [0.15, 0.2) is 11.5 Å². The summed E-state index contributed by atoms with van der Waals surface area (Å²) in [4.78, 5) is 0. The van der Waals surface area contributed by atoms with Crippen molar-refractivity contribution in [2.24, 2.45) is 0 Å². The summed E-state index contributed by atoms with van der Waals surface area (Å²) in [7, 11) is 1.45. The van der Waals surface area contributed by atoms with Crippen LogP contribution in [0.15, 0.2) is 10.5 Å². The van der Waals surface area contributed by atoms with E-state index in [4.69, 9.17) is 4.74 Å². The van der Waals surface area contributed by atoms with Gasteiger partial charge in [-0.15, -0.1) is 0 Å². The number of benzene rings is 1. The second kappa shape index (κ2) is 5.23. The summed E-state index contributed by atoms with van der Waals surface area (Å²) in [5.41, 5.74) is 0.464. The van der Waals surface area contributed by atoms with Crippen molar-refractivity contribution in [1.29, 1.82) is 0 Å². The number of phenolic OH excluding ortho intramolecular Hbond substituents is 1. The van der Waals surface area contributed by atoms with Gasteiger partial charge in [0.1, 0.15) is 5.82 Å². The van der Waals surface area contributed by atoms with E-state index >= 15 is 0 Å². The van der Waals surface area contributed by atoms with Gasteiger partial charge >= 0.3 is 0 Å². The molecule has 2 N–H and O–H groups in total. The molecule has 1 aliphatic heterocycles. The Hall–Kier alpha value is -0.810. The Balaban J connectivity index is 2.48. The van der Waals surface area contributed by atoms with Crippen molar-refractivity contribution < 1.29 is 14.2 Å². The van der Waals surface area contributed by atoms with Crippen molar-refractivity contribution in [2.75, 3.05) is 20.2 Å². The molecule has 17 heavy (non-hydrogen) atoms. The minimum atomic E-state index is -0.339. The SMILES string of the molecule is COc1c(O)cc(Br)c(F)c1C1CCCNC1. The lowest BCUT2D eigenvalue weighted by Crippen LogP contribution is -2.29. The fourth-order valence-electron chi connectivity index (χ4n) is 2.29. The Morgan fingerprint density at radius 2 is 2.35 bits per heavy atom. The summed E-state index contributed by atoms with van der Waals surface area (Å²) >= 11 is 3.12. The Morgan fingerprint density at radius 3 is 2.94 bits per heavy atom. The van der Waals surface area contributed by atoms with Crippen molar-refractivity contribution in [3.63, 3.8) is 0 Å². The molecule has 1 saturated heterocycles. The third kappa shape index (κ3) is 2.40. The van der Waals surface area contributed by atoms with Crippen LogP contribution in [0.2, 0.25) is 0 Å². The van der Waals surface area contributed by atoms with E-state index in [1.54, 1.807) is 0 Å². The van der Waals surface area contributed by atoms with Crippen LogP contribution < -0.4 is 10.1 Å². The number of ether oxygens (including phenoxy) is 1. The van der Waals surface area contributed by atoms with Crippen LogP contribution in [0.4, 0.5) is 4.39 Å². The molecule has 1 fully saturated rings. The van der Waals surface area contributed by atoms with Gasteiger partial charge in [-0.3, -0.25) is 0 Å². The van der Waals surface area contributed by atoms with E-state index in [-0.39, 0.29) is 27.7 Å². The molecule has 0 saturated carbocycles. The lowest BCUT2D eigenvalue weighted by Gasteiger charge is -2.25. The molecule has 0 amide bonds. The third-order valence-corrected chi connectivity index (χ3v) is 3.67. The fraction of sp³-hybridized carbons (Fsp3) is 0.500. The largest absolute Gasteiger partial charge is 0.504 e. The number of halogens is 2. The maximum absolute atomic E-state index is 14.1. The van der Waals surface area contributed by atoms with Crippen molar-refractivity contribution in [1.82, 2.24) is 5.32 Å². The molecule has 1 aliphatic rings. The first-order chi connectivity index (χ1) is 8.15. The van der Waals surface area contributed by atoms with Gasteiger partial charge in [0.25, 0.3) is 0 Å². The molecule has 1 unspecified atom stereocenters. The van der Waals surface area contributed by atoms with Crippen LogP contribution in [0.1, 0.15) is 24.3 Å². The monoisotopic (exact) mass is 303 g/mol. The van der Waals surface area contributed by atoms with Crippen molar-refractivity contribution in [2.45, 2.75) is 18.8 Å². The first-order valence-electron chi connectivity index (χ1n) is 5.60. The quantitative estimate of drug-likeness (QED) is 0.883. The average Bonchev–Trinajstić information content (AvgIpc) is 2.34. The molecule has 1 aromatic rings. The average molecular weight is 304 g/mol. The van der Waals surface area contributed by atoms with Crippen molar-refractivity contribution in [3.05, 3.63) is 21.9 Å². The molecule has 1 heterocycles. The standard InChI is InChI=1S/C12H15BrFNO2/c1-17-12-9(16)5-8(13)11(14)10(12)7-3-2-4-15-6-7/h5,7,15-16H,2-4,6H2,1H3. The number of phenols is 1. The molecular formula is C12H15BrFNO2. The van der Waals surface area contributed by atoms with Crippen molar-refractivity contribution >= 4 is 15.9 Å². The zero-order valence-electron chi connectivity index (χ0n) is 9.59. The number of hydrogen-bond acceptors (Lipinski definition) is 3. The van der Waals surface area contributed by atoms with Gasteiger partial charge in [-0.2, -0.15) is 0 Å². The number of nitrogens with one attached hydrogen (secondary N) is 1. The van der Waals surface area contributed by atoms with E-state index in [9.17, 15) is 9.50 Å². The topological polar surface area (TPSA) is 41.5 Å². The van der Waals surface area contributed by atoms with Crippen LogP contribution in [0, 0.1) is 5.82 Å². The van der Waals surface area contributed by atoms with E-state index < -0.39 is 0 Å². The number of methoxy groups -OCH3 is 1. The summed E-state index contributed by atoms with van der Waals surface area (Å²) in [6, 6.07) is 1.33. The number of aromatic hydroxyl groups is 1. The lowest BCUT2D eigenvalue weighted by atomic mass is 9.90. The van der Waals surface area contributed by atoms with E-state index in [2.05, 4.69) is 21.2 Å². The van der Waals surface area contributed by atoms with Gasteiger partial charge < -0.3 is 15.2 Å². The van der Waals surface area contributed by atoms with Crippen LogP contribution in [0.25, 0.3) is 0 Å². The zero-order valence-corrected chi connectivity index (χ0v) is 11.2. The van der Waals surface area contributed by atoms with E-state index in [0.717, 1.165) is 19.4 Å². The summed E-state index contributed by atoms with van der Waals surface area (Å²) < 4.78 is 19.5. The molecule has 0 aliphatic carbocycles. The molecule has 3 nitrogen and oxygen atoms in total. The van der Waals surface area contributed by atoms with Gasteiger partial charge in [0, 0.05) is 24.1 Å². The van der Waals surface area contributed by atoms with Gasteiger partial charge in [0.2, 0.25) is 0 Å². The summed E-state index contributed by atoms with van der Waals surface area (Å²) in [6.07, 6.45) is 1.90. The molecule has 0 aromatic heterocycles. The summed E-state index contributed by atoms with van der Waals surface area (Å²) in [5, 5.41) is 13.0. The number of piperidine rings is 1. The molecule has 0 radical (unpaired) electrons. The fourth-order valence-corrected chi connectivity index (χ4v) is 2.72. The Kier molecular flexibility index (Phi) is 3.89. The zero-order chi connectivity index (χ0) is 12.4. The molecule has 0 bridgehead atoms. The first kappa shape index (κ1) is 12.6. The molecule has 94 valence electrons. The molecule has 5 heteroatoms. The molecule has 1 atom stereocenters. The van der Waals surface area contributed by atoms with Crippen LogP contribution in [0.5, 0.6) is 11.5 Å². The van der Waals surface area contributed by atoms with Crippen molar-refractivity contribution in [3.8, 4) is 11.5 Å². The molecule has 0 spiro atoms. The minimum Gasteiger partial charge on any atom is -0.504 e. The van der Waals surface area contributed by atoms with Crippen LogP contribution >= 0.6 is 15.9 Å². The third-order valence-electron chi connectivity index (χ3n) is 3.10. The van der Waals surface area contributed by atoms with E-state index in [0.29, 0.717) is 12.1 Å². The molecule has 2 rings (SSSR count). The smallest absolute Gasteiger partial charge is 0.167 e. The van der Waals surface area contributed by atoms with Gasteiger partial charge in [-0.05, 0) is 35.3 Å². The highest BCUT2D eigenvalue weighted by atomic mass is 79.9. The summed E-state index contributed by atoms with van der Waals surface area (Å²) in [6.45, 7) is 1.67. The predicted octanol–water partition coefficient (Wildman–Crippen LogP) is 2.77. The summed E-state index contributed by atoms with van der Waals surface area (Å²) in [5.74, 6) is -0.0730. The normalized spacial score (nSPS) is 20.3. The Labute approximate surface area is 108 Å². The highest BCUT2D eigenvalue weighted by Crippen LogP contribution is 2.42. The lowest BCUT2D eigenvalue weighted by molar-refractivity contribution is 0.351. The Morgan fingerprint density at radius 1 is 1.59 bits per heavy atom. The highest BCUT2D eigenvalue weighted by molar-refractivity contribution is 9.10. The van der Waals surface area contributed by atoms with Crippen LogP contribution in [-0.4, -0.2) is 25.3 Å². The van der Waals surface area contributed by atoms with Crippen LogP contribution in [-0.2, 0) is 0 Å². The van der Waals surface area contributed by atoms with Gasteiger partial charge in [-0.1, -0.05) is 0 Å². The molecule has 1 aromatic carbocycles. The molecular weight excluding hydrogens is 289 g/mol. The second-order valence-electron chi connectivity index (χ2n) is 4.18. The van der Waals surface area contributed by atoms with E-state index in [1.807, 2.05) is 0 Å². The first-order valence-corrected chi connectivity index (χ1v) is 6.40. The Bertz CT molecular complexity index is 419. The second-order valence-corrected chi connectivity index (χ2v) is 5.04. The van der Waals surface area contributed by atoms with Gasteiger partial charge in [0.05, 0.1) is 11.6 Å². The number of rotatable bonds is 2. The highest BCUT2D eigenvalue weighted by Gasteiger charge is 2.26. The predicted molar refractivity (Wildman–Crippen MR) is 67.2 cm³/mol. The van der Waals surface area contributed by atoms with Crippen LogP contribution in [0.3, 0.4) is 0 Å². The maximum Gasteiger partial charge on any atom is 0.167 e. The minimum absolute atomic E-state index is 0.0265.